The number of azo groups is 3. The molecule has 97 heavy (non-hydrogen) atoms. The number of hydrogen-bond donors (Lipinski definition) is 6. The van der Waals surface area contributed by atoms with Gasteiger partial charge in [0.25, 0.3) is 17.7 Å². The molecule has 0 atom stereocenters. The number of benzene rings is 12. The molecule has 0 aliphatic heterocycles. The third kappa shape index (κ3) is 13.5. The van der Waals surface area contributed by atoms with Crippen molar-refractivity contribution in [1.29, 1.82) is 0 Å². The van der Waals surface area contributed by atoms with Crippen molar-refractivity contribution in [3.8, 4) is 51.7 Å². The fourth-order valence-electron chi connectivity index (χ4n) is 10.9. The lowest BCUT2D eigenvalue weighted by atomic mass is 10.0. The van der Waals surface area contributed by atoms with Crippen LogP contribution in [0.5, 0.6) is 51.7 Å². The summed E-state index contributed by atoms with van der Waals surface area (Å²) < 4.78 is 32.6. The van der Waals surface area contributed by atoms with Crippen LogP contribution in [0.2, 0.25) is 0 Å². The van der Waals surface area contributed by atoms with E-state index in [-0.39, 0.29) is 33.8 Å². The number of anilines is 6. The zero-order chi connectivity index (χ0) is 67.7. The first kappa shape index (κ1) is 63.8. The van der Waals surface area contributed by atoms with Gasteiger partial charge in [-0.05, 0) is 144 Å². The van der Waals surface area contributed by atoms with Crippen molar-refractivity contribution >= 4 is 118 Å². The summed E-state index contributed by atoms with van der Waals surface area (Å²) in [6.07, 6.45) is 0. The first-order valence-corrected chi connectivity index (χ1v) is 30.0. The monoisotopic (exact) mass is 1290 g/mol. The number of rotatable bonds is 21. The molecule has 22 nitrogen and oxygen atoms in total. The van der Waals surface area contributed by atoms with Gasteiger partial charge >= 0.3 is 0 Å². The summed E-state index contributed by atoms with van der Waals surface area (Å²) in [4.78, 5) is 43.8. The number of hydrogen-bond acceptors (Lipinski definition) is 19. The number of phenols is 3. The van der Waals surface area contributed by atoms with E-state index in [0.29, 0.717) is 118 Å². The van der Waals surface area contributed by atoms with Gasteiger partial charge in [0.2, 0.25) is 0 Å². The second-order valence-corrected chi connectivity index (χ2v) is 21.6. The number of nitrogens with one attached hydrogen (secondary N) is 3. The molecule has 0 fully saturated rings. The highest BCUT2D eigenvalue weighted by molar-refractivity contribution is 6.14. The minimum absolute atomic E-state index is 0.0514. The van der Waals surface area contributed by atoms with Gasteiger partial charge in [-0.1, -0.05) is 72.8 Å². The second kappa shape index (κ2) is 28.2. The number of aromatic hydroxyl groups is 3. The Morgan fingerprint density at radius 3 is 0.845 bits per heavy atom. The van der Waals surface area contributed by atoms with Crippen LogP contribution >= 0.6 is 0 Å². The quantitative estimate of drug-likeness (QED) is 0.0366. The lowest BCUT2D eigenvalue weighted by molar-refractivity contribution is 0.101. The summed E-state index contributed by atoms with van der Waals surface area (Å²) in [6, 6.07) is 62.7. The van der Waals surface area contributed by atoms with Crippen LogP contribution in [-0.4, -0.2) is 75.7 Å². The van der Waals surface area contributed by atoms with Crippen LogP contribution in [0.3, 0.4) is 0 Å². The van der Waals surface area contributed by atoms with Crippen molar-refractivity contribution < 1.29 is 58.1 Å². The maximum absolute atomic E-state index is 13.9. The van der Waals surface area contributed by atoms with E-state index < -0.39 is 35.0 Å². The van der Waals surface area contributed by atoms with E-state index in [0.717, 1.165) is 0 Å². The Balaban J connectivity index is 0.872. The molecule has 0 heterocycles. The van der Waals surface area contributed by atoms with Crippen molar-refractivity contribution in [3.05, 3.63) is 235 Å². The summed E-state index contributed by atoms with van der Waals surface area (Å²) >= 11 is 0. The SMILES string of the molecule is COc1ccc(OC)c(NC(=O)c2cc3ccccc3c(N=Nc3ccc(N(c4ccc(N=Nc5c(O)c(C(=O)Nc6cc(OC)ccc6OC)cc6ccccc56)cc4)c4ccc(N=Nc5c(O)c(C(=O)Nc6cc(OC)ccc6OC)cc6ccccc56)cc4)cc3)c2O)c1. The van der Waals surface area contributed by atoms with Crippen molar-refractivity contribution in [2.45, 2.75) is 0 Å². The molecule has 0 bridgehead atoms. The number of ether oxygens (including phenoxy) is 6. The Morgan fingerprint density at radius 2 is 0.588 bits per heavy atom. The molecular formula is C75H60N10O12. The highest BCUT2D eigenvalue weighted by Crippen LogP contribution is 2.46. The highest BCUT2D eigenvalue weighted by Gasteiger charge is 2.25. The topological polar surface area (TPSA) is 281 Å². The van der Waals surface area contributed by atoms with Gasteiger partial charge < -0.3 is 64.6 Å². The molecule has 6 N–H and O–H groups in total. The molecule has 22 heteroatoms. The van der Waals surface area contributed by atoms with Gasteiger partial charge in [0.05, 0.1) is 93.5 Å². The molecule has 0 radical (unpaired) electrons. The third-order valence-corrected chi connectivity index (χ3v) is 15.8. The predicted molar refractivity (Wildman–Crippen MR) is 373 cm³/mol. The predicted octanol–water partition coefficient (Wildman–Crippen LogP) is 18.8. The molecule has 0 aromatic heterocycles. The number of carbonyl (C=O) groups is 3. The van der Waals surface area contributed by atoms with Crippen molar-refractivity contribution in [3.63, 3.8) is 0 Å². The molecule has 12 aromatic rings. The Labute approximate surface area is 555 Å². The van der Waals surface area contributed by atoms with E-state index in [9.17, 15) is 29.7 Å². The molecule has 0 spiro atoms. The zero-order valence-corrected chi connectivity index (χ0v) is 52.9. The van der Waals surface area contributed by atoms with Crippen molar-refractivity contribution in [1.82, 2.24) is 0 Å². The zero-order valence-electron chi connectivity index (χ0n) is 52.9. The minimum atomic E-state index is -0.623. The first-order valence-electron chi connectivity index (χ1n) is 30.0. The first-order chi connectivity index (χ1) is 47.3. The number of amides is 3. The number of nitrogens with zero attached hydrogens (tertiary/aromatic N) is 7. The van der Waals surface area contributed by atoms with Crippen LogP contribution in [0.15, 0.2) is 249 Å². The van der Waals surface area contributed by atoms with Gasteiger partial charge in [0.1, 0.15) is 51.6 Å². The number of phenolic OH excluding ortho intramolecular Hbond substituents is 3. The average molecular weight is 1290 g/mol. The standard InChI is InChI=1S/C75H60N10O12/c1-92-52-31-34-64(95-4)61(40-52)76-73(89)58-37-43-13-7-10-16-55(43)67(70(58)86)82-79-46-19-25-49(26-20-46)85(50-27-21-47(22-28-50)80-83-68-56-17-11-8-14-44(56)38-59(71(68)87)74(90)77-62-41-53(93-2)32-35-65(62)96-5)51-29-23-48(24-30-51)81-84-69-57-18-12-9-15-45(57)39-60(72(69)88)75(91)78-63-42-54(94-3)33-36-66(63)97-6/h7-42,86-88H,1-6H3,(H,76,89)(H,77,90)(H,78,91). The largest absolute Gasteiger partial charge is 0.505 e. The Morgan fingerprint density at radius 1 is 0.320 bits per heavy atom. The Hall–Kier alpha value is -13.4. The summed E-state index contributed by atoms with van der Waals surface area (Å²) in [5, 5.41) is 74.7. The number of methoxy groups -OCH3 is 6. The molecule has 0 saturated carbocycles. The van der Waals surface area contributed by atoms with Gasteiger partial charge in [-0.3, -0.25) is 14.4 Å². The van der Waals surface area contributed by atoms with Crippen molar-refractivity contribution in [2.24, 2.45) is 30.7 Å². The molecule has 0 aliphatic rings. The lowest BCUT2D eigenvalue weighted by Crippen LogP contribution is -2.13. The van der Waals surface area contributed by atoms with Gasteiger partial charge in [-0.25, -0.2) is 0 Å². The molecule has 12 aromatic carbocycles. The average Bonchev–Trinajstić information content (AvgIpc) is 0.812. The van der Waals surface area contributed by atoms with E-state index >= 15 is 0 Å². The molecule has 0 saturated heterocycles. The number of carbonyl (C=O) groups excluding carboxylic acids is 3. The normalized spacial score (nSPS) is 11.3. The maximum atomic E-state index is 13.9. The summed E-state index contributed by atoms with van der Waals surface area (Å²) in [6.45, 7) is 0. The third-order valence-electron chi connectivity index (χ3n) is 15.8. The fraction of sp³-hybridized carbons (Fsp3) is 0.0800. The van der Waals surface area contributed by atoms with E-state index in [4.69, 9.17) is 28.4 Å². The maximum Gasteiger partial charge on any atom is 0.259 e. The van der Waals surface area contributed by atoms with Crippen LogP contribution in [0.4, 0.5) is 68.2 Å². The van der Waals surface area contributed by atoms with Gasteiger partial charge in [-0.15, -0.1) is 15.3 Å². The van der Waals surface area contributed by atoms with E-state index in [1.807, 2.05) is 59.5 Å². The second-order valence-electron chi connectivity index (χ2n) is 21.6. The Bertz CT molecular complexity index is 4600. The van der Waals surface area contributed by atoms with Gasteiger partial charge in [0, 0.05) is 51.4 Å². The highest BCUT2D eigenvalue weighted by atomic mass is 16.5. The van der Waals surface area contributed by atoms with Gasteiger partial charge in [-0.2, -0.15) is 15.3 Å². The van der Waals surface area contributed by atoms with Crippen LogP contribution < -0.4 is 49.3 Å². The molecule has 0 aliphatic carbocycles. The van der Waals surface area contributed by atoms with E-state index in [1.165, 1.54) is 42.7 Å². The number of fused-ring (bicyclic) bond motifs is 3. The van der Waals surface area contributed by atoms with Crippen LogP contribution in [-0.2, 0) is 0 Å². The fourth-order valence-corrected chi connectivity index (χ4v) is 10.9. The van der Waals surface area contributed by atoms with Crippen LogP contribution in [0.25, 0.3) is 32.3 Å². The van der Waals surface area contributed by atoms with Gasteiger partial charge in [0.15, 0.2) is 17.2 Å². The van der Waals surface area contributed by atoms with E-state index in [1.54, 1.807) is 164 Å². The molecular weight excluding hydrogens is 1230 g/mol. The van der Waals surface area contributed by atoms with Crippen LogP contribution in [0, 0.1) is 0 Å². The van der Waals surface area contributed by atoms with E-state index in [2.05, 4.69) is 46.6 Å². The molecule has 3 amide bonds. The minimum Gasteiger partial charge on any atom is -0.505 e. The smallest absolute Gasteiger partial charge is 0.259 e. The summed E-state index contributed by atoms with van der Waals surface area (Å²) in [7, 11) is 8.96. The van der Waals surface area contributed by atoms with Crippen LogP contribution in [0.1, 0.15) is 31.1 Å². The molecule has 0 unspecified atom stereocenters. The lowest BCUT2D eigenvalue weighted by Gasteiger charge is -2.25. The molecule has 12 rings (SSSR count). The Kier molecular flexibility index (Phi) is 18.6. The molecule has 482 valence electrons. The summed E-state index contributed by atoms with van der Waals surface area (Å²) in [5.74, 6) is -0.442. The van der Waals surface area contributed by atoms with Crippen molar-refractivity contribution in [2.75, 3.05) is 63.5 Å². The summed E-state index contributed by atoms with van der Waals surface area (Å²) in [5.41, 5.74) is 4.25.